The van der Waals surface area contributed by atoms with Gasteiger partial charge in [-0.05, 0) is 12.8 Å². The Balaban J connectivity index is 2.15. The minimum atomic E-state index is -0.276. The van der Waals surface area contributed by atoms with Crippen LogP contribution in [-0.2, 0) is 4.74 Å². The number of hydrogen-bond acceptors (Lipinski definition) is 2. The van der Waals surface area contributed by atoms with Gasteiger partial charge in [-0.1, -0.05) is 12.2 Å². The van der Waals surface area contributed by atoms with Crippen molar-refractivity contribution in [3.8, 4) is 0 Å². The summed E-state index contributed by atoms with van der Waals surface area (Å²) in [6.45, 7) is 0. The predicted octanol–water partition coefficient (Wildman–Crippen LogP) is 0.813. The van der Waals surface area contributed by atoms with Crippen molar-refractivity contribution in [3.63, 3.8) is 0 Å². The summed E-state index contributed by atoms with van der Waals surface area (Å²) in [5, 5.41) is 2.71. The topological polar surface area (TPSA) is 38.3 Å². The highest BCUT2D eigenvalue weighted by Crippen LogP contribution is 2.19. The SMILES string of the molecule is O=C1NC2C=CCCC2O1. The van der Waals surface area contributed by atoms with Gasteiger partial charge >= 0.3 is 6.09 Å². The fourth-order valence-corrected chi connectivity index (χ4v) is 1.39. The zero-order valence-electron chi connectivity index (χ0n) is 5.54. The Hall–Kier alpha value is -0.990. The molecule has 54 valence electrons. The van der Waals surface area contributed by atoms with Crippen LogP contribution in [0.5, 0.6) is 0 Å². The molecule has 1 aliphatic carbocycles. The summed E-state index contributed by atoms with van der Waals surface area (Å²) >= 11 is 0. The number of carbonyl (C=O) groups is 1. The number of nitrogens with one attached hydrogen (secondary N) is 1. The number of amides is 1. The van der Waals surface area contributed by atoms with Gasteiger partial charge in [0.25, 0.3) is 0 Å². The van der Waals surface area contributed by atoms with Crippen LogP contribution >= 0.6 is 0 Å². The van der Waals surface area contributed by atoms with Crippen molar-refractivity contribution in [2.45, 2.75) is 25.0 Å². The molecule has 0 spiro atoms. The molecular weight excluding hydrogens is 130 g/mol. The zero-order chi connectivity index (χ0) is 6.97. The molecule has 1 amide bonds. The molecule has 2 rings (SSSR count). The Morgan fingerprint density at radius 1 is 1.70 bits per heavy atom. The minimum absolute atomic E-state index is 0.0949. The van der Waals surface area contributed by atoms with Gasteiger partial charge in [0, 0.05) is 0 Å². The molecule has 3 heteroatoms. The van der Waals surface area contributed by atoms with Crippen LogP contribution in [0, 0.1) is 0 Å². The van der Waals surface area contributed by atoms with Gasteiger partial charge in [0.15, 0.2) is 0 Å². The van der Waals surface area contributed by atoms with Gasteiger partial charge in [0.1, 0.15) is 6.10 Å². The maximum absolute atomic E-state index is 10.6. The van der Waals surface area contributed by atoms with Crippen LogP contribution in [0.1, 0.15) is 12.8 Å². The third-order valence-electron chi connectivity index (χ3n) is 1.90. The lowest BCUT2D eigenvalue weighted by Crippen LogP contribution is -2.30. The van der Waals surface area contributed by atoms with Gasteiger partial charge in [-0.25, -0.2) is 4.79 Å². The van der Waals surface area contributed by atoms with Crippen LogP contribution in [0.2, 0.25) is 0 Å². The molecule has 2 unspecified atom stereocenters. The summed E-state index contributed by atoms with van der Waals surface area (Å²) in [5.74, 6) is 0. The van der Waals surface area contributed by atoms with E-state index in [1.807, 2.05) is 6.08 Å². The second-order valence-electron chi connectivity index (χ2n) is 2.62. The first-order chi connectivity index (χ1) is 4.86. The van der Waals surface area contributed by atoms with Crippen molar-refractivity contribution in [3.05, 3.63) is 12.2 Å². The fraction of sp³-hybridized carbons (Fsp3) is 0.571. The van der Waals surface area contributed by atoms with Crippen LogP contribution in [0.25, 0.3) is 0 Å². The molecule has 0 aromatic heterocycles. The number of rotatable bonds is 0. The number of alkyl carbamates (subject to hydrolysis) is 1. The van der Waals surface area contributed by atoms with Gasteiger partial charge < -0.3 is 10.1 Å². The zero-order valence-corrected chi connectivity index (χ0v) is 5.54. The maximum atomic E-state index is 10.6. The van der Waals surface area contributed by atoms with Gasteiger partial charge in [0.05, 0.1) is 6.04 Å². The standard InChI is InChI=1S/C7H9NO2/c9-7-8-5-3-1-2-4-6(5)10-7/h1,3,5-6H,2,4H2,(H,8,9). The van der Waals surface area contributed by atoms with E-state index in [4.69, 9.17) is 4.74 Å². The summed E-state index contributed by atoms with van der Waals surface area (Å²) in [4.78, 5) is 10.6. The molecular formula is C7H9NO2. The van der Waals surface area contributed by atoms with E-state index in [0.29, 0.717) is 0 Å². The van der Waals surface area contributed by atoms with Gasteiger partial charge in [0.2, 0.25) is 0 Å². The number of allylic oxidation sites excluding steroid dienone is 1. The number of hydrogen-bond donors (Lipinski definition) is 1. The number of ether oxygens (including phenoxy) is 1. The average Bonchev–Trinajstić information content (AvgIpc) is 2.27. The van der Waals surface area contributed by atoms with Crippen molar-refractivity contribution in [1.82, 2.24) is 5.32 Å². The molecule has 0 radical (unpaired) electrons. The molecule has 1 N–H and O–H groups in total. The Kier molecular flexibility index (Phi) is 1.16. The largest absolute Gasteiger partial charge is 0.444 e. The minimum Gasteiger partial charge on any atom is -0.444 e. The second-order valence-corrected chi connectivity index (χ2v) is 2.62. The van der Waals surface area contributed by atoms with E-state index in [1.54, 1.807) is 0 Å². The molecule has 0 saturated carbocycles. The lowest BCUT2D eigenvalue weighted by molar-refractivity contribution is 0.129. The molecule has 1 heterocycles. The van der Waals surface area contributed by atoms with E-state index in [1.165, 1.54) is 0 Å². The summed E-state index contributed by atoms with van der Waals surface area (Å²) in [7, 11) is 0. The molecule has 1 aliphatic heterocycles. The number of fused-ring (bicyclic) bond motifs is 1. The van der Waals surface area contributed by atoms with E-state index in [2.05, 4.69) is 11.4 Å². The second kappa shape index (κ2) is 2.01. The van der Waals surface area contributed by atoms with E-state index in [0.717, 1.165) is 12.8 Å². The molecule has 2 aliphatic rings. The van der Waals surface area contributed by atoms with E-state index in [9.17, 15) is 4.79 Å². The Morgan fingerprint density at radius 2 is 2.60 bits per heavy atom. The summed E-state index contributed by atoms with van der Waals surface area (Å²) in [6.07, 6.45) is 5.88. The third-order valence-corrected chi connectivity index (χ3v) is 1.90. The summed E-state index contributed by atoms with van der Waals surface area (Å²) in [5.41, 5.74) is 0. The maximum Gasteiger partial charge on any atom is 0.408 e. The lowest BCUT2D eigenvalue weighted by Gasteiger charge is -2.15. The van der Waals surface area contributed by atoms with Crippen LogP contribution in [0.4, 0.5) is 4.79 Å². The lowest BCUT2D eigenvalue weighted by atomic mass is 10.0. The highest BCUT2D eigenvalue weighted by molar-refractivity contribution is 5.70. The molecule has 3 nitrogen and oxygen atoms in total. The van der Waals surface area contributed by atoms with Gasteiger partial charge in [-0.2, -0.15) is 0 Å². The highest BCUT2D eigenvalue weighted by atomic mass is 16.6. The van der Waals surface area contributed by atoms with E-state index in [-0.39, 0.29) is 18.2 Å². The molecule has 10 heavy (non-hydrogen) atoms. The van der Waals surface area contributed by atoms with Crippen LogP contribution in [0.15, 0.2) is 12.2 Å². The Morgan fingerprint density at radius 3 is 3.40 bits per heavy atom. The predicted molar refractivity (Wildman–Crippen MR) is 35.6 cm³/mol. The Bertz CT molecular complexity index is 188. The monoisotopic (exact) mass is 139 g/mol. The van der Waals surface area contributed by atoms with E-state index >= 15 is 0 Å². The van der Waals surface area contributed by atoms with Crippen molar-refractivity contribution in [1.29, 1.82) is 0 Å². The molecule has 0 aromatic carbocycles. The molecule has 1 saturated heterocycles. The number of carbonyl (C=O) groups excluding carboxylic acids is 1. The summed E-state index contributed by atoms with van der Waals surface area (Å²) < 4.78 is 4.96. The first kappa shape index (κ1) is 5.77. The van der Waals surface area contributed by atoms with E-state index < -0.39 is 0 Å². The fourth-order valence-electron chi connectivity index (χ4n) is 1.39. The highest BCUT2D eigenvalue weighted by Gasteiger charge is 2.32. The molecule has 0 aromatic rings. The van der Waals surface area contributed by atoms with Crippen molar-refractivity contribution < 1.29 is 9.53 Å². The first-order valence-corrected chi connectivity index (χ1v) is 3.50. The third kappa shape index (κ3) is 0.781. The van der Waals surface area contributed by atoms with Crippen LogP contribution in [-0.4, -0.2) is 18.2 Å². The quantitative estimate of drug-likeness (QED) is 0.504. The molecule has 0 bridgehead atoms. The normalized spacial score (nSPS) is 36.6. The molecule has 1 fully saturated rings. The van der Waals surface area contributed by atoms with Gasteiger partial charge in [-0.15, -0.1) is 0 Å². The summed E-state index contributed by atoms with van der Waals surface area (Å²) in [6, 6.07) is 0.140. The Labute approximate surface area is 59.1 Å². The first-order valence-electron chi connectivity index (χ1n) is 3.50. The smallest absolute Gasteiger partial charge is 0.408 e. The van der Waals surface area contributed by atoms with Crippen molar-refractivity contribution in [2.75, 3.05) is 0 Å². The van der Waals surface area contributed by atoms with Gasteiger partial charge in [-0.3, -0.25) is 0 Å². The molecule has 2 atom stereocenters. The van der Waals surface area contributed by atoms with Crippen molar-refractivity contribution in [2.24, 2.45) is 0 Å². The average molecular weight is 139 g/mol. The van der Waals surface area contributed by atoms with Crippen LogP contribution < -0.4 is 5.32 Å². The van der Waals surface area contributed by atoms with Crippen molar-refractivity contribution >= 4 is 6.09 Å². The van der Waals surface area contributed by atoms with Crippen LogP contribution in [0.3, 0.4) is 0 Å².